The van der Waals surface area contributed by atoms with Crippen LogP contribution in [0.3, 0.4) is 0 Å². The van der Waals surface area contributed by atoms with Crippen molar-refractivity contribution in [2.45, 2.75) is 0 Å². The van der Waals surface area contributed by atoms with E-state index in [4.69, 9.17) is 15.0 Å². The van der Waals surface area contributed by atoms with E-state index in [9.17, 15) is 0 Å². The second-order valence-electron chi connectivity index (χ2n) is 18.4. The van der Waals surface area contributed by atoms with Gasteiger partial charge in [-0.05, 0) is 121 Å². The Balaban J connectivity index is 0.992. The van der Waals surface area contributed by atoms with Gasteiger partial charge < -0.3 is 9.13 Å². The minimum atomic E-state index is 0.601. The van der Waals surface area contributed by atoms with Crippen LogP contribution in [0, 0.1) is 0 Å². The monoisotopic (exact) mass is 889 g/mol. The number of para-hydroxylation sites is 2. The summed E-state index contributed by atoms with van der Waals surface area (Å²) in [5, 5.41) is 16.7. The molecule has 15 rings (SSSR count). The summed E-state index contributed by atoms with van der Waals surface area (Å²) in [5.74, 6) is 1.84. The van der Waals surface area contributed by atoms with Crippen molar-refractivity contribution in [2.75, 3.05) is 0 Å². The minimum absolute atomic E-state index is 0.601. The molecule has 0 aliphatic rings. The Kier molecular flexibility index (Phi) is 8.29. The average molecular weight is 890 g/mol. The number of aromatic nitrogens is 5. The summed E-state index contributed by atoms with van der Waals surface area (Å²) >= 11 is 0. The van der Waals surface area contributed by atoms with E-state index in [1.54, 1.807) is 0 Å². The maximum Gasteiger partial charge on any atom is 0.166 e. The van der Waals surface area contributed by atoms with Gasteiger partial charge >= 0.3 is 0 Å². The fraction of sp³-hybridized carbons (Fsp3) is 0. The van der Waals surface area contributed by atoms with Crippen molar-refractivity contribution in [3.8, 4) is 45.5 Å². The first-order chi connectivity index (χ1) is 34.7. The predicted octanol–water partition coefficient (Wildman–Crippen LogP) is 16.8. The first-order valence-electron chi connectivity index (χ1n) is 23.8. The SMILES string of the molecule is c1ccc(-n2c3cc(-n4c5ccccc5c5cc6ccccc6cc54)ccc3c3cc4ccccc4cc32)c(-c2nc(-c3ccc4ccccc4c3)nc(-c3ccc4c(ccc5ccccc54)c3)n2)c1. The highest BCUT2D eigenvalue weighted by Gasteiger charge is 2.22. The number of rotatable bonds is 5. The highest BCUT2D eigenvalue weighted by Crippen LogP contribution is 2.41. The third-order valence-electron chi connectivity index (χ3n) is 14.4. The summed E-state index contributed by atoms with van der Waals surface area (Å²) in [6, 6.07) is 85.4. The Morgan fingerprint density at radius 1 is 0.243 bits per heavy atom. The van der Waals surface area contributed by atoms with Crippen LogP contribution >= 0.6 is 0 Å². The highest BCUT2D eigenvalue weighted by molar-refractivity contribution is 6.16. The van der Waals surface area contributed by atoms with Crippen LogP contribution in [0.5, 0.6) is 0 Å². The molecule has 0 bridgehead atoms. The quantitative estimate of drug-likeness (QED) is 0.162. The van der Waals surface area contributed by atoms with Crippen molar-refractivity contribution < 1.29 is 0 Å². The maximum atomic E-state index is 5.42. The highest BCUT2D eigenvalue weighted by atomic mass is 15.1. The Hall–Kier alpha value is -9.45. The first kappa shape index (κ1) is 38.6. The van der Waals surface area contributed by atoms with E-state index in [0.29, 0.717) is 17.5 Å². The molecule has 0 saturated heterocycles. The van der Waals surface area contributed by atoms with Crippen LogP contribution in [0.1, 0.15) is 0 Å². The lowest BCUT2D eigenvalue weighted by atomic mass is 10.00. The Bertz CT molecular complexity index is 4670. The molecule has 0 aliphatic carbocycles. The number of fused-ring (bicyclic) bond motifs is 12. The molecule has 0 unspecified atom stereocenters. The predicted molar refractivity (Wildman–Crippen MR) is 292 cm³/mol. The van der Waals surface area contributed by atoms with Crippen molar-refractivity contribution in [1.29, 1.82) is 0 Å². The molecule has 0 radical (unpaired) electrons. The molecule has 0 N–H and O–H groups in total. The first-order valence-corrected chi connectivity index (χ1v) is 23.8. The van der Waals surface area contributed by atoms with E-state index >= 15 is 0 Å². The fourth-order valence-electron chi connectivity index (χ4n) is 11.1. The second-order valence-corrected chi connectivity index (χ2v) is 18.4. The van der Waals surface area contributed by atoms with Crippen molar-refractivity contribution in [3.63, 3.8) is 0 Å². The molecule has 324 valence electrons. The van der Waals surface area contributed by atoms with Gasteiger partial charge in [0.2, 0.25) is 0 Å². The molecule has 5 heteroatoms. The largest absolute Gasteiger partial charge is 0.309 e. The fourth-order valence-corrected chi connectivity index (χ4v) is 11.1. The van der Waals surface area contributed by atoms with Crippen LogP contribution < -0.4 is 0 Å². The lowest BCUT2D eigenvalue weighted by molar-refractivity contribution is 1.07. The van der Waals surface area contributed by atoms with Crippen LogP contribution in [0.2, 0.25) is 0 Å². The van der Waals surface area contributed by atoms with E-state index in [0.717, 1.165) is 49.9 Å². The molecule has 12 aromatic carbocycles. The average Bonchev–Trinajstić information content (AvgIpc) is 3.92. The van der Waals surface area contributed by atoms with Gasteiger partial charge in [0.1, 0.15) is 0 Å². The van der Waals surface area contributed by atoms with Gasteiger partial charge in [0.25, 0.3) is 0 Å². The van der Waals surface area contributed by atoms with Crippen LogP contribution in [0.4, 0.5) is 0 Å². The molecule has 0 fully saturated rings. The standard InChI is InChI=1S/C65H39N5/c1-2-15-42-33-48(28-25-40(42)13-1)63-66-64(49-29-31-52-47(34-49)27-26-41-14-7-8-20-51(41)52)68-65(67-63)55-22-10-12-24-59(55)70-61-38-46-19-6-4-17-44(46)36-57(61)54-32-30-50(39-62(54)70)69-58-23-11-9-21-53(58)56-35-43-16-3-5-18-45(43)37-60(56)69/h1-39H. The molecule has 70 heavy (non-hydrogen) atoms. The lowest BCUT2D eigenvalue weighted by Gasteiger charge is -2.16. The van der Waals surface area contributed by atoms with Crippen molar-refractivity contribution in [3.05, 3.63) is 237 Å². The van der Waals surface area contributed by atoms with E-state index in [2.05, 4.69) is 246 Å². The number of nitrogens with zero attached hydrogens (tertiary/aromatic N) is 5. The third kappa shape index (κ3) is 5.95. The lowest BCUT2D eigenvalue weighted by Crippen LogP contribution is -2.04. The number of hydrogen-bond acceptors (Lipinski definition) is 3. The van der Waals surface area contributed by atoms with Crippen molar-refractivity contribution >= 4 is 97.5 Å². The summed E-state index contributed by atoms with van der Waals surface area (Å²) in [6.07, 6.45) is 0. The molecule has 0 aliphatic heterocycles. The third-order valence-corrected chi connectivity index (χ3v) is 14.4. The van der Waals surface area contributed by atoms with Gasteiger partial charge in [0.15, 0.2) is 17.5 Å². The van der Waals surface area contributed by atoms with Crippen LogP contribution in [-0.2, 0) is 0 Å². The summed E-state index contributed by atoms with van der Waals surface area (Å²) in [4.78, 5) is 16.1. The molecule has 5 nitrogen and oxygen atoms in total. The molecule has 3 aromatic heterocycles. The topological polar surface area (TPSA) is 48.5 Å². The number of hydrogen-bond donors (Lipinski definition) is 0. The summed E-state index contributed by atoms with van der Waals surface area (Å²) in [5.41, 5.74) is 9.37. The Morgan fingerprint density at radius 3 is 1.43 bits per heavy atom. The maximum absolute atomic E-state index is 5.42. The van der Waals surface area contributed by atoms with Crippen LogP contribution in [0.15, 0.2) is 237 Å². The molecular formula is C65H39N5. The van der Waals surface area contributed by atoms with Gasteiger partial charge in [-0.3, -0.25) is 0 Å². The molecule has 0 atom stereocenters. The van der Waals surface area contributed by atoms with Crippen molar-refractivity contribution in [2.24, 2.45) is 0 Å². The summed E-state index contributed by atoms with van der Waals surface area (Å²) in [6.45, 7) is 0. The smallest absolute Gasteiger partial charge is 0.166 e. The number of benzene rings is 12. The van der Waals surface area contributed by atoms with Gasteiger partial charge in [-0.1, -0.05) is 170 Å². The molecule has 3 heterocycles. The molecule has 0 spiro atoms. The van der Waals surface area contributed by atoms with E-state index in [-0.39, 0.29) is 0 Å². The van der Waals surface area contributed by atoms with Gasteiger partial charge in [0.05, 0.1) is 27.8 Å². The second kappa shape index (κ2) is 15.0. The van der Waals surface area contributed by atoms with Gasteiger partial charge in [-0.15, -0.1) is 0 Å². The normalized spacial score (nSPS) is 12.0. The molecular weight excluding hydrogens is 851 g/mol. The molecule has 0 saturated carbocycles. The van der Waals surface area contributed by atoms with E-state index in [1.807, 2.05) is 0 Å². The van der Waals surface area contributed by atoms with Crippen LogP contribution in [0.25, 0.3) is 143 Å². The zero-order valence-electron chi connectivity index (χ0n) is 37.8. The Labute approximate surface area is 401 Å². The minimum Gasteiger partial charge on any atom is -0.309 e. The molecule has 0 amide bonds. The van der Waals surface area contributed by atoms with E-state index in [1.165, 1.54) is 75.7 Å². The summed E-state index contributed by atoms with van der Waals surface area (Å²) < 4.78 is 4.86. The summed E-state index contributed by atoms with van der Waals surface area (Å²) in [7, 11) is 0. The van der Waals surface area contributed by atoms with E-state index < -0.39 is 0 Å². The molecule has 15 aromatic rings. The van der Waals surface area contributed by atoms with Gasteiger partial charge in [-0.25, -0.2) is 15.0 Å². The van der Waals surface area contributed by atoms with Crippen molar-refractivity contribution in [1.82, 2.24) is 24.1 Å². The zero-order chi connectivity index (χ0) is 45.9. The van der Waals surface area contributed by atoms with Gasteiger partial charge in [-0.2, -0.15) is 0 Å². The Morgan fingerprint density at radius 2 is 0.700 bits per heavy atom. The van der Waals surface area contributed by atoms with Gasteiger partial charge in [0, 0.05) is 43.9 Å². The zero-order valence-corrected chi connectivity index (χ0v) is 37.8. The van der Waals surface area contributed by atoms with Crippen LogP contribution in [-0.4, -0.2) is 24.1 Å².